The van der Waals surface area contributed by atoms with Crippen LogP contribution in [0.25, 0.3) is 10.9 Å². The molecule has 1 aromatic carbocycles. The predicted molar refractivity (Wildman–Crippen MR) is 71.1 cm³/mol. The summed E-state index contributed by atoms with van der Waals surface area (Å²) in [5, 5.41) is 1.22. The molecule has 0 bridgehead atoms. The van der Waals surface area contributed by atoms with E-state index in [-0.39, 0.29) is 5.91 Å². The van der Waals surface area contributed by atoms with Crippen LogP contribution < -0.4 is 5.73 Å². The van der Waals surface area contributed by atoms with Gasteiger partial charge in [-0.25, -0.2) is 0 Å². The molecule has 1 aliphatic rings. The largest absolute Gasteiger partial charge is 0.358 e. The number of rotatable bonds is 1. The number of fused-ring (bicyclic) bond motifs is 3. The Balaban J connectivity index is 1.99. The van der Waals surface area contributed by atoms with Gasteiger partial charge in [0.1, 0.15) is 0 Å². The highest BCUT2D eigenvalue weighted by Crippen LogP contribution is 2.27. The average Bonchev–Trinajstić information content (AvgIpc) is 2.75. The van der Waals surface area contributed by atoms with Crippen molar-refractivity contribution in [3.8, 4) is 0 Å². The zero-order valence-electron chi connectivity index (χ0n) is 10.4. The Hall–Kier alpha value is -1.81. The van der Waals surface area contributed by atoms with E-state index in [1.165, 1.54) is 16.6 Å². The lowest BCUT2D eigenvalue weighted by Crippen LogP contribution is -2.44. The van der Waals surface area contributed by atoms with Gasteiger partial charge in [0.15, 0.2) is 0 Å². The Morgan fingerprint density at radius 3 is 3.00 bits per heavy atom. The van der Waals surface area contributed by atoms with Gasteiger partial charge < -0.3 is 15.6 Å². The number of aromatic nitrogens is 1. The number of benzene rings is 1. The molecule has 94 valence electrons. The topological polar surface area (TPSA) is 62.1 Å². The molecule has 1 aromatic heterocycles. The highest BCUT2D eigenvalue weighted by atomic mass is 16.2. The van der Waals surface area contributed by atoms with Crippen LogP contribution in [0, 0.1) is 0 Å². The summed E-state index contributed by atoms with van der Waals surface area (Å²) in [6.45, 7) is 3.16. The van der Waals surface area contributed by atoms with Gasteiger partial charge in [-0.05, 0) is 13.0 Å². The van der Waals surface area contributed by atoms with E-state index in [1.807, 2.05) is 17.0 Å². The van der Waals surface area contributed by atoms with E-state index in [0.717, 1.165) is 18.5 Å². The molecule has 3 N–H and O–H groups in total. The fraction of sp³-hybridized carbons (Fsp3) is 0.357. The van der Waals surface area contributed by atoms with Gasteiger partial charge in [0, 0.05) is 41.7 Å². The number of hydrogen-bond donors (Lipinski definition) is 2. The summed E-state index contributed by atoms with van der Waals surface area (Å²) >= 11 is 0. The number of nitrogens with two attached hydrogens (primary N) is 1. The second-order valence-electron chi connectivity index (χ2n) is 4.93. The summed E-state index contributed by atoms with van der Waals surface area (Å²) in [6.07, 6.45) is 0.877. The maximum Gasteiger partial charge on any atom is 0.239 e. The van der Waals surface area contributed by atoms with Crippen molar-refractivity contribution in [1.29, 1.82) is 0 Å². The van der Waals surface area contributed by atoms with E-state index >= 15 is 0 Å². The van der Waals surface area contributed by atoms with E-state index in [4.69, 9.17) is 5.73 Å². The van der Waals surface area contributed by atoms with Crippen molar-refractivity contribution in [1.82, 2.24) is 9.88 Å². The fourth-order valence-electron chi connectivity index (χ4n) is 2.64. The van der Waals surface area contributed by atoms with E-state index in [9.17, 15) is 4.79 Å². The number of aromatic amines is 1. The molecule has 18 heavy (non-hydrogen) atoms. The van der Waals surface area contributed by atoms with Gasteiger partial charge in [-0.3, -0.25) is 4.79 Å². The smallest absolute Gasteiger partial charge is 0.239 e. The minimum atomic E-state index is -0.420. The van der Waals surface area contributed by atoms with Gasteiger partial charge in [0.2, 0.25) is 5.91 Å². The Morgan fingerprint density at radius 2 is 2.22 bits per heavy atom. The molecule has 2 aromatic rings. The Labute approximate surface area is 106 Å². The number of carbonyl (C=O) groups is 1. The molecule has 0 saturated heterocycles. The third kappa shape index (κ3) is 1.69. The number of hydrogen-bond acceptors (Lipinski definition) is 2. The molecule has 0 unspecified atom stereocenters. The van der Waals surface area contributed by atoms with E-state index < -0.39 is 6.04 Å². The quantitative estimate of drug-likeness (QED) is 0.795. The maximum absolute atomic E-state index is 12.0. The monoisotopic (exact) mass is 243 g/mol. The van der Waals surface area contributed by atoms with Gasteiger partial charge >= 0.3 is 0 Å². The summed E-state index contributed by atoms with van der Waals surface area (Å²) in [4.78, 5) is 17.2. The first kappa shape index (κ1) is 11.3. The summed E-state index contributed by atoms with van der Waals surface area (Å²) in [6, 6.07) is 7.81. The molecule has 1 amide bonds. The highest BCUT2D eigenvalue weighted by Gasteiger charge is 2.25. The van der Waals surface area contributed by atoms with Crippen molar-refractivity contribution in [3.63, 3.8) is 0 Å². The normalized spacial score (nSPS) is 16.7. The minimum Gasteiger partial charge on any atom is -0.358 e. The van der Waals surface area contributed by atoms with E-state index in [0.29, 0.717) is 6.54 Å². The molecule has 0 aliphatic carbocycles. The lowest BCUT2D eigenvalue weighted by molar-refractivity contribution is -0.133. The van der Waals surface area contributed by atoms with E-state index in [1.54, 1.807) is 6.92 Å². The maximum atomic E-state index is 12.0. The average molecular weight is 243 g/mol. The molecule has 0 fully saturated rings. The lowest BCUT2D eigenvalue weighted by atomic mass is 10.0. The molecule has 4 heteroatoms. The van der Waals surface area contributed by atoms with Crippen LogP contribution in [0.4, 0.5) is 0 Å². The Kier molecular flexibility index (Phi) is 2.59. The number of amides is 1. The number of nitrogens with zero attached hydrogens (tertiary/aromatic N) is 1. The molecule has 0 radical (unpaired) electrons. The lowest BCUT2D eigenvalue weighted by Gasteiger charge is -2.28. The van der Waals surface area contributed by atoms with Crippen molar-refractivity contribution < 1.29 is 4.79 Å². The number of nitrogens with one attached hydrogen (secondary N) is 1. The molecular weight excluding hydrogens is 226 g/mol. The number of para-hydroxylation sites is 1. The zero-order valence-corrected chi connectivity index (χ0v) is 10.4. The second-order valence-corrected chi connectivity index (χ2v) is 4.93. The Morgan fingerprint density at radius 1 is 1.44 bits per heavy atom. The van der Waals surface area contributed by atoms with Crippen LogP contribution in [0.15, 0.2) is 24.3 Å². The predicted octanol–water partition coefficient (Wildman–Crippen LogP) is 1.40. The van der Waals surface area contributed by atoms with Crippen LogP contribution in [-0.4, -0.2) is 28.4 Å². The first-order chi connectivity index (χ1) is 8.66. The molecule has 4 nitrogen and oxygen atoms in total. The molecular formula is C14H17N3O. The molecule has 0 saturated carbocycles. The third-order valence-corrected chi connectivity index (χ3v) is 3.58. The van der Waals surface area contributed by atoms with Crippen LogP contribution >= 0.6 is 0 Å². The van der Waals surface area contributed by atoms with Crippen LogP contribution in [0.3, 0.4) is 0 Å². The minimum absolute atomic E-state index is 0.0333. The van der Waals surface area contributed by atoms with Crippen LogP contribution in [0.2, 0.25) is 0 Å². The standard InChI is InChI=1S/C14H17N3O/c1-9(15)14(18)17-7-6-13-11(8-17)10-4-2-3-5-12(10)16-13/h2-5,9,16H,6-8,15H2,1H3/t9-/m1/s1. The highest BCUT2D eigenvalue weighted by molar-refractivity contribution is 5.86. The molecule has 2 heterocycles. The summed E-state index contributed by atoms with van der Waals surface area (Å²) < 4.78 is 0. The first-order valence-electron chi connectivity index (χ1n) is 6.29. The fourth-order valence-corrected chi connectivity index (χ4v) is 2.64. The van der Waals surface area contributed by atoms with E-state index in [2.05, 4.69) is 17.1 Å². The van der Waals surface area contributed by atoms with Crippen molar-refractivity contribution >= 4 is 16.8 Å². The SMILES string of the molecule is C[C@@H](N)C(=O)N1CCc2[nH]c3ccccc3c2C1. The Bertz CT molecular complexity index is 600. The van der Waals surface area contributed by atoms with Gasteiger partial charge in [0.25, 0.3) is 0 Å². The van der Waals surface area contributed by atoms with Crippen molar-refractivity contribution in [2.45, 2.75) is 25.9 Å². The van der Waals surface area contributed by atoms with Crippen LogP contribution in [-0.2, 0) is 17.8 Å². The summed E-state index contributed by atoms with van der Waals surface area (Å²) in [5.41, 5.74) is 9.32. The van der Waals surface area contributed by atoms with Crippen molar-refractivity contribution in [3.05, 3.63) is 35.5 Å². The summed E-state index contributed by atoms with van der Waals surface area (Å²) in [5.74, 6) is 0.0333. The first-order valence-corrected chi connectivity index (χ1v) is 6.29. The number of H-pyrrole nitrogens is 1. The number of carbonyl (C=O) groups excluding carboxylic acids is 1. The third-order valence-electron chi connectivity index (χ3n) is 3.58. The molecule has 0 spiro atoms. The van der Waals surface area contributed by atoms with Crippen molar-refractivity contribution in [2.75, 3.05) is 6.54 Å². The van der Waals surface area contributed by atoms with Crippen LogP contribution in [0.1, 0.15) is 18.2 Å². The molecule has 1 aliphatic heterocycles. The van der Waals surface area contributed by atoms with Gasteiger partial charge in [0.05, 0.1) is 6.04 Å². The molecule has 3 rings (SSSR count). The van der Waals surface area contributed by atoms with Crippen LogP contribution in [0.5, 0.6) is 0 Å². The van der Waals surface area contributed by atoms with Gasteiger partial charge in [-0.1, -0.05) is 18.2 Å². The summed E-state index contributed by atoms with van der Waals surface area (Å²) in [7, 11) is 0. The van der Waals surface area contributed by atoms with Gasteiger partial charge in [-0.2, -0.15) is 0 Å². The van der Waals surface area contributed by atoms with Crippen molar-refractivity contribution in [2.24, 2.45) is 5.73 Å². The molecule has 1 atom stereocenters. The van der Waals surface area contributed by atoms with Gasteiger partial charge in [-0.15, -0.1) is 0 Å². The second kappa shape index (κ2) is 4.14. The zero-order chi connectivity index (χ0) is 12.7.